The molecule has 0 fully saturated rings. The molecule has 102 valence electrons. The van der Waals surface area contributed by atoms with Crippen molar-refractivity contribution in [1.29, 1.82) is 0 Å². The minimum absolute atomic E-state index is 0.220. The minimum Gasteiger partial charge on any atom is -0.464 e. The van der Waals surface area contributed by atoms with Crippen LogP contribution >= 0.6 is 0 Å². The molecule has 0 unspecified atom stereocenters. The number of benzene rings is 1. The fourth-order valence-corrected chi connectivity index (χ4v) is 2.05. The number of nitrogens with one attached hydrogen (secondary N) is 1. The quantitative estimate of drug-likeness (QED) is 0.897. The van der Waals surface area contributed by atoms with E-state index in [0.717, 1.165) is 23.8 Å². The molecule has 0 amide bonds. The first-order valence-electron chi connectivity index (χ1n) is 6.29. The van der Waals surface area contributed by atoms with E-state index in [1.807, 2.05) is 25.9 Å². The monoisotopic (exact) mass is 262 g/mol. The predicted molar refractivity (Wildman–Crippen MR) is 74.7 cm³/mol. The van der Waals surface area contributed by atoms with Crippen LogP contribution in [0.2, 0.25) is 0 Å². The Balaban J connectivity index is 2.08. The zero-order valence-electron chi connectivity index (χ0n) is 11.5. The van der Waals surface area contributed by atoms with Crippen molar-refractivity contribution in [3.8, 4) is 0 Å². The van der Waals surface area contributed by atoms with Crippen LogP contribution in [0.5, 0.6) is 0 Å². The van der Waals surface area contributed by atoms with Crippen molar-refractivity contribution in [2.24, 2.45) is 0 Å². The molecule has 0 bridgehead atoms. The van der Waals surface area contributed by atoms with Crippen molar-refractivity contribution in [2.75, 3.05) is 19.0 Å². The predicted octanol–water partition coefficient (Wildman–Crippen LogP) is 3.08. The van der Waals surface area contributed by atoms with Gasteiger partial charge in [-0.3, -0.25) is 0 Å². The van der Waals surface area contributed by atoms with Crippen LogP contribution in [0.4, 0.5) is 10.1 Å². The van der Waals surface area contributed by atoms with Crippen LogP contribution in [0, 0.1) is 12.7 Å². The van der Waals surface area contributed by atoms with Gasteiger partial charge in [-0.05, 0) is 44.3 Å². The number of furan rings is 1. The lowest BCUT2D eigenvalue weighted by molar-refractivity contribution is 0.478. The van der Waals surface area contributed by atoms with Gasteiger partial charge in [0, 0.05) is 24.8 Å². The van der Waals surface area contributed by atoms with Crippen LogP contribution in [0.3, 0.4) is 0 Å². The number of anilines is 1. The van der Waals surface area contributed by atoms with Crippen LogP contribution in [0.25, 0.3) is 0 Å². The smallest absolute Gasteiger partial charge is 0.123 e. The van der Waals surface area contributed by atoms with Crippen LogP contribution in [-0.2, 0) is 13.1 Å². The van der Waals surface area contributed by atoms with Gasteiger partial charge in [0.05, 0.1) is 6.54 Å². The van der Waals surface area contributed by atoms with E-state index in [2.05, 4.69) is 11.4 Å². The first-order chi connectivity index (χ1) is 9.10. The van der Waals surface area contributed by atoms with E-state index in [1.54, 1.807) is 12.1 Å². The Morgan fingerprint density at radius 2 is 1.95 bits per heavy atom. The van der Waals surface area contributed by atoms with Gasteiger partial charge in [0.2, 0.25) is 0 Å². The summed E-state index contributed by atoms with van der Waals surface area (Å²) in [6.45, 7) is 3.43. The molecular formula is C15H19FN2O. The summed E-state index contributed by atoms with van der Waals surface area (Å²) in [6.07, 6.45) is 0. The maximum absolute atomic E-state index is 12.9. The molecular weight excluding hydrogens is 243 g/mol. The van der Waals surface area contributed by atoms with E-state index in [-0.39, 0.29) is 5.82 Å². The van der Waals surface area contributed by atoms with E-state index in [9.17, 15) is 4.39 Å². The summed E-state index contributed by atoms with van der Waals surface area (Å²) in [6, 6.07) is 8.52. The molecule has 19 heavy (non-hydrogen) atoms. The first-order valence-corrected chi connectivity index (χ1v) is 6.29. The number of halogens is 1. The van der Waals surface area contributed by atoms with Crippen LogP contribution in [-0.4, -0.2) is 14.1 Å². The lowest BCUT2D eigenvalue weighted by Crippen LogP contribution is -2.15. The summed E-state index contributed by atoms with van der Waals surface area (Å²) in [7, 11) is 3.87. The van der Waals surface area contributed by atoms with Crippen molar-refractivity contribution >= 4 is 5.69 Å². The van der Waals surface area contributed by atoms with Crippen LogP contribution < -0.4 is 10.2 Å². The Labute approximate surface area is 113 Å². The second-order valence-electron chi connectivity index (χ2n) is 4.66. The highest BCUT2D eigenvalue weighted by Gasteiger charge is 2.09. The molecule has 2 aromatic rings. The number of hydrogen-bond acceptors (Lipinski definition) is 3. The highest BCUT2D eigenvalue weighted by Crippen LogP contribution is 2.19. The minimum atomic E-state index is -0.220. The summed E-state index contributed by atoms with van der Waals surface area (Å²) < 4.78 is 18.6. The average Bonchev–Trinajstić information content (AvgIpc) is 2.71. The fourth-order valence-electron chi connectivity index (χ4n) is 2.05. The Hall–Kier alpha value is -1.81. The van der Waals surface area contributed by atoms with Crippen molar-refractivity contribution in [2.45, 2.75) is 20.0 Å². The fraction of sp³-hybridized carbons (Fsp3) is 0.333. The van der Waals surface area contributed by atoms with E-state index < -0.39 is 0 Å². The summed E-state index contributed by atoms with van der Waals surface area (Å²) in [5.74, 6) is 1.63. The SMILES string of the molecule is CNCc1cc(CN(C)c2ccc(F)cc2)oc1C. The summed E-state index contributed by atoms with van der Waals surface area (Å²) in [5.41, 5.74) is 2.13. The zero-order valence-corrected chi connectivity index (χ0v) is 11.5. The number of aryl methyl sites for hydroxylation is 1. The molecule has 0 atom stereocenters. The largest absolute Gasteiger partial charge is 0.464 e. The van der Waals surface area contributed by atoms with Crippen LogP contribution in [0.15, 0.2) is 34.7 Å². The molecule has 4 heteroatoms. The molecule has 0 aliphatic heterocycles. The Kier molecular flexibility index (Phi) is 4.22. The molecule has 2 rings (SSSR count). The van der Waals surface area contributed by atoms with Gasteiger partial charge >= 0.3 is 0 Å². The lowest BCUT2D eigenvalue weighted by atomic mass is 10.2. The summed E-state index contributed by atoms with van der Waals surface area (Å²) in [4.78, 5) is 2.03. The highest BCUT2D eigenvalue weighted by molar-refractivity contribution is 5.45. The first kappa shape index (κ1) is 13.6. The second kappa shape index (κ2) is 5.89. The Morgan fingerprint density at radius 3 is 2.58 bits per heavy atom. The molecule has 0 aliphatic rings. The zero-order chi connectivity index (χ0) is 13.8. The third-order valence-corrected chi connectivity index (χ3v) is 3.10. The van der Waals surface area contributed by atoms with Crippen molar-refractivity contribution in [3.05, 3.63) is 53.2 Å². The molecule has 3 nitrogen and oxygen atoms in total. The van der Waals surface area contributed by atoms with Gasteiger partial charge in [-0.1, -0.05) is 0 Å². The summed E-state index contributed by atoms with van der Waals surface area (Å²) >= 11 is 0. The van der Waals surface area contributed by atoms with E-state index in [1.165, 1.54) is 17.7 Å². The van der Waals surface area contributed by atoms with Gasteiger partial charge in [-0.2, -0.15) is 0 Å². The molecule has 1 aromatic heterocycles. The second-order valence-corrected chi connectivity index (χ2v) is 4.66. The normalized spacial score (nSPS) is 10.7. The molecule has 0 saturated heterocycles. The third kappa shape index (κ3) is 3.35. The molecule has 0 spiro atoms. The molecule has 1 aromatic carbocycles. The third-order valence-electron chi connectivity index (χ3n) is 3.10. The maximum Gasteiger partial charge on any atom is 0.123 e. The average molecular weight is 262 g/mol. The van der Waals surface area contributed by atoms with Crippen LogP contribution in [0.1, 0.15) is 17.1 Å². The van der Waals surface area contributed by atoms with Crippen molar-refractivity contribution in [3.63, 3.8) is 0 Å². The topological polar surface area (TPSA) is 28.4 Å². The standard InChI is InChI=1S/C15H19FN2O/c1-11-12(9-17-2)8-15(19-11)10-18(3)14-6-4-13(16)5-7-14/h4-8,17H,9-10H2,1-3H3. The van der Waals surface area contributed by atoms with Crippen molar-refractivity contribution in [1.82, 2.24) is 5.32 Å². The number of nitrogens with zero attached hydrogens (tertiary/aromatic N) is 1. The van der Waals surface area contributed by atoms with Gasteiger partial charge in [0.15, 0.2) is 0 Å². The van der Waals surface area contributed by atoms with Gasteiger partial charge in [0.25, 0.3) is 0 Å². The number of rotatable bonds is 5. The Morgan fingerprint density at radius 1 is 1.26 bits per heavy atom. The van der Waals surface area contributed by atoms with Gasteiger partial charge in [0.1, 0.15) is 17.3 Å². The number of hydrogen-bond donors (Lipinski definition) is 1. The van der Waals surface area contributed by atoms with Gasteiger partial charge in [-0.25, -0.2) is 4.39 Å². The summed E-state index contributed by atoms with van der Waals surface area (Å²) in [5, 5.41) is 3.11. The Bertz CT molecular complexity index is 534. The molecule has 1 N–H and O–H groups in total. The van der Waals surface area contributed by atoms with Gasteiger partial charge < -0.3 is 14.6 Å². The van der Waals surface area contributed by atoms with E-state index >= 15 is 0 Å². The van der Waals surface area contributed by atoms with E-state index in [0.29, 0.717) is 6.54 Å². The van der Waals surface area contributed by atoms with Gasteiger partial charge in [-0.15, -0.1) is 0 Å². The molecule has 0 radical (unpaired) electrons. The molecule has 1 heterocycles. The molecule has 0 aliphatic carbocycles. The maximum atomic E-state index is 12.9. The molecule has 0 saturated carbocycles. The lowest BCUT2D eigenvalue weighted by Gasteiger charge is -2.17. The van der Waals surface area contributed by atoms with Crippen molar-refractivity contribution < 1.29 is 8.81 Å². The van der Waals surface area contributed by atoms with E-state index in [4.69, 9.17) is 4.42 Å². The highest BCUT2D eigenvalue weighted by atomic mass is 19.1.